The normalized spacial score (nSPS) is 11.2. The summed E-state index contributed by atoms with van der Waals surface area (Å²) < 4.78 is 0. The van der Waals surface area contributed by atoms with Crippen LogP contribution in [0.1, 0.15) is 11.3 Å². The van der Waals surface area contributed by atoms with Gasteiger partial charge in [0.25, 0.3) is 0 Å². The molecular formula is C38H28N2. The van der Waals surface area contributed by atoms with Gasteiger partial charge in [0.15, 0.2) is 0 Å². The van der Waals surface area contributed by atoms with Crippen LogP contribution in [-0.4, -0.2) is 9.97 Å². The van der Waals surface area contributed by atoms with E-state index in [2.05, 4.69) is 132 Å². The molecule has 0 atom stereocenters. The van der Waals surface area contributed by atoms with Gasteiger partial charge >= 0.3 is 0 Å². The molecule has 0 aliphatic carbocycles. The molecule has 5 aromatic carbocycles. The predicted octanol–water partition coefficient (Wildman–Crippen LogP) is 10.1. The maximum atomic E-state index is 4.35. The molecule has 190 valence electrons. The van der Waals surface area contributed by atoms with Gasteiger partial charge < -0.3 is 0 Å². The minimum atomic E-state index is 1.03. The fourth-order valence-corrected chi connectivity index (χ4v) is 5.92. The number of aryl methyl sites for hydroxylation is 2. The highest BCUT2D eigenvalue weighted by Gasteiger charge is 2.16. The summed E-state index contributed by atoms with van der Waals surface area (Å²) in [6.07, 6.45) is 5.66. The fourth-order valence-electron chi connectivity index (χ4n) is 5.92. The Kier molecular flexibility index (Phi) is 5.94. The van der Waals surface area contributed by atoms with Crippen molar-refractivity contribution in [2.45, 2.75) is 13.8 Å². The average Bonchev–Trinajstić information content (AvgIpc) is 3.00. The van der Waals surface area contributed by atoms with Crippen molar-refractivity contribution in [1.82, 2.24) is 9.97 Å². The molecule has 0 aliphatic heterocycles. The van der Waals surface area contributed by atoms with Gasteiger partial charge in [-0.05, 0) is 104 Å². The van der Waals surface area contributed by atoms with Crippen molar-refractivity contribution in [3.63, 3.8) is 0 Å². The SMILES string of the molecule is Cc1cc(-c2ccc(-c3c4ccccc4c(-c4ccc(-c5ccncc5C)cc4)c4ccccc34)cc2)ccn1. The highest BCUT2D eigenvalue weighted by molar-refractivity contribution is 6.21. The third-order valence-corrected chi connectivity index (χ3v) is 7.84. The van der Waals surface area contributed by atoms with E-state index < -0.39 is 0 Å². The van der Waals surface area contributed by atoms with Gasteiger partial charge in [-0.25, -0.2) is 0 Å². The molecule has 7 aromatic rings. The molecule has 0 aliphatic rings. The van der Waals surface area contributed by atoms with E-state index in [1.807, 2.05) is 25.5 Å². The number of pyridine rings is 2. The molecule has 40 heavy (non-hydrogen) atoms. The quantitative estimate of drug-likeness (QED) is 0.219. The minimum absolute atomic E-state index is 1.03. The molecule has 0 unspecified atom stereocenters. The van der Waals surface area contributed by atoms with Crippen molar-refractivity contribution in [3.8, 4) is 44.5 Å². The molecular weight excluding hydrogens is 484 g/mol. The molecule has 0 saturated heterocycles. The molecule has 0 spiro atoms. The van der Waals surface area contributed by atoms with E-state index in [1.165, 1.54) is 71.6 Å². The van der Waals surface area contributed by atoms with Gasteiger partial charge in [0.05, 0.1) is 0 Å². The van der Waals surface area contributed by atoms with Crippen LogP contribution < -0.4 is 0 Å². The van der Waals surface area contributed by atoms with Crippen molar-refractivity contribution in [2.75, 3.05) is 0 Å². The number of aromatic nitrogens is 2. The van der Waals surface area contributed by atoms with E-state index in [0.717, 1.165) is 5.69 Å². The van der Waals surface area contributed by atoms with Crippen LogP contribution in [-0.2, 0) is 0 Å². The third-order valence-electron chi connectivity index (χ3n) is 7.84. The lowest BCUT2D eigenvalue weighted by Crippen LogP contribution is -1.91. The predicted molar refractivity (Wildman–Crippen MR) is 168 cm³/mol. The van der Waals surface area contributed by atoms with Gasteiger partial charge in [-0.15, -0.1) is 0 Å². The number of benzene rings is 5. The smallest absolute Gasteiger partial charge is 0.0378 e. The van der Waals surface area contributed by atoms with Crippen molar-refractivity contribution in [2.24, 2.45) is 0 Å². The van der Waals surface area contributed by atoms with Crippen LogP contribution in [0.25, 0.3) is 66.1 Å². The van der Waals surface area contributed by atoms with E-state index in [4.69, 9.17) is 0 Å². The second kappa shape index (κ2) is 9.91. The Balaban J connectivity index is 1.41. The summed E-state index contributed by atoms with van der Waals surface area (Å²) >= 11 is 0. The summed E-state index contributed by atoms with van der Waals surface area (Å²) in [6, 6.07) is 41.9. The Morgan fingerprint density at radius 2 is 0.950 bits per heavy atom. The van der Waals surface area contributed by atoms with Gasteiger partial charge in [0.1, 0.15) is 0 Å². The average molecular weight is 513 g/mol. The monoisotopic (exact) mass is 512 g/mol. The molecule has 0 bridgehead atoms. The topological polar surface area (TPSA) is 25.8 Å². The summed E-state index contributed by atoms with van der Waals surface area (Å²) in [5.41, 5.74) is 12.0. The Labute approximate surface area is 234 Å². The van der Waals surface area contributed by atoms with Crippen LogP contribution in [0.15, 0.2) is 134 Å². The molecule has 0 amide bonds. The van der Waals surface area contributed by atoms with E-state index in [1.54, 1.807) is 0 Å². The van der Waals surface area contributed by atoms with Crippen LogP contribution in [0, 0.1) is 13.8 Å². The van der Waals surface area contributed by atoms with Crippen LogP contribution in [0.4, 0.5) is 0 Å². The second-order valence-corrected chi connectivity index (χ2v) is 10.4. The lowest BCUT2D eigenvalue weighted by molar-refractivity contribution is 1.20. The van der Waals surface area contributed by atoms with Crippen LogP contribution in [0.5, 0.6) is 0 Å². The largest absolute Gasteiger partial charge is 0.264 e. The molecule has 2 heterocycles. The standard InChI is InChI=1S/C38H28N2/c1-25-24-39-21-20-32(25)28-13-17-30(18-14-28)38-35-9-5-3-7-33(35)37(34-8-4-6-10-36(34)38)29-15-11-27(12-16-29)31-19-22-40-26(2)23-31/h3-24H,1-2H3. The van der Waals surface area contributed by atoms with Gasteiger partial charge in [0.2, 0.25) is 0 Å². The maximum Gasteiger partial charge on any atom is 0.0378 e. The molecule has 7 rings (SSSR count). The lowest BCUT2D eigenvalue weighted by atomic mass is 9.85. The zero-order valence-electron chi connectivity index (χ0n) is 22.6. The number of hydrogen-bond donors (Lipinski definition) is 0. The lowest BCUT2D eigenvalue weighted by Gasteiger charge is -2.18. The Hall–Kier alpha value is -5.08. The van der Waals surface area contributed by atoms with Gasteiger partial charge in [-0.3, -0.25) is 9.97 Å². The Morgan fingerprint density at radius 3 is 1.45 bits per heavy atom. The van der Waals surface area contributed by atoms with Crippen molar-refractivity contribution < 1.29 is 0 Å². The summed E-state index contributed by atoms with van der Waals surface area (Å²) in [5, 5.41) is 5.05. The highest BCUT2D eigenvalue weighted by Crippen LogP contribution is 2.44. The molecule has 2 aromatic heterocycles. The fraction of sp³-hybridized carbons (Fsp3) is 0.0526. The van der Waals surface area contributed by atoms with Crippen LogP contribution >= 0.6 is 0 Å². The molecule has 2 nitrogen and oxygen atoms in total. The number of rotatable bonds is 4. The summed E-state index contributed by atoms with van der Waals surface area (Å²) in [5.74, 6) is 0. The van der Waals surface area contributed by atoms with Crippen LogP contribution in [0.3, 0.4) is 0 Å². The van der Waals surface area contributed by atoms with Crippen LogP contribution in [0.2, 0.25) is 0 Å². The molecule has 0 saturated carbocycles. The Bertz CT molecular complexity index is 1950. The zero-order valence-corrected chi connectivity index (χ0v) is 22.6. The van der Waals surface area contributed by atoms with E-state index in [9.17, 15) is 0 Å². The maximum absolute atomic E-state index is 4.35. The molecule has 0 radical (unpaired) electrons. The zero-order chi connectivity index (χ0) is 27.1. The first-order valence-electron chi connectivity index (χ1n) is 13.7. The summed E-state index contributed by atoms with van der Waals surface area (Å²) in [6.45, 7) is 4.14. The molecule has 0 fully saturated rings. The summed E-state index contributed by atoms with van der Waals surface area (Å²) in [4.78, 5) is 8.61. The second-order valence-electron chi connectivity index (χ2n) is 10.4. The van der Waals surface area contributed by atoms with Gasteiger partial charge in [-0.2, -0.15) is 0 Å². The minimum Gasteiger partial charge on any atom is -0.264 e. The van der Waals surface area contributed by atoms with Gasteiger partial charge in [-0.1, -0.05) is 97.1 Å². The van der Waals surface area contributed by atoms with E-state index >= 15 is 0 Å². The highest BCUT2D eigenvalue weighted by atomic mass is 14.6. The van der Waals surface area contributed by atoms with E-state index in [-0.39, 0.29) is 0 Å². The number of hydrogen-bond acceptors (Lipinski definition) is 2. The van der Waals surface area contributed by atoms with E-state index in [0.29, 0.717) is 0 Å². The number of fused-ring (bicyclic) bond motifs is 2. The Morgan fingerprint density at radius 1 is 0.450 bits per heavy atom. The van der Waals surface area contributed by atoms with Crippen molar-refractivity contribution >= 4 is 21.5 Å². The molecule has 0 N–H and O–H groups in total. The first-order chi connectivity index (χ1) is 19.7. The van der Waals surface area contributed by atoms with Gasteiger partial charge in [0, 0.05) is 24.3 Å². The first kappa shape index (κ1) is 24.0. The molecule has 2 heteroatoms. The van der Waals surface area contributed by atoms with Crippen molar-refractivity contribution in [3.05, 3.63) is 145 Å². The number of nitrogens with zero attached hydrogens (tertiary/aromatic N) is 2. The summed E-state index contributed by atoms with van der Waals surface area (Å²) in [7, 11) is 0. The third kappa shape index (κ3) is 4.15. The first-order valence-corrected chi connectivity index (χ1v) is 13.7. The van der Waals surface area contributed by atoms with Crippen molar-refractivity contribution in [1.29, 1.82) is 0 Å².